The summed E-state index contributed by atoms with van der Waals surface area (Å²) in [6.45, 7) is 4.33. The number of imidazole rings is 1. The molecule has 2 heterocycles. The van der Waals surface area contributed by atoms with Crippen molar-refractivity contribution < 1.29 is 0 Å². The number of nitrogens with zero attached hydrogens (tertiary/aromatic N) is 3. The number of aromatic nitrogens is 2. The second kappa shape index (κ2) is 4.36. The average Bonchev–Trinajstić information content (AvgIpc) is 2.57. The predicted octanol–water partition coefficient (Wildman–Crippen LogP) is 2.60. The minimum Gasteiger partial charge on any atom is -0.303 e. The van der Waals surface area contributed by atoms with Gasteiger partial charge in [-0.1, -0.05) is 19.9 Å². The maximum Gasteiger partial charge on any atom is 0.137 e. The first-order valence-electron chi connectivity index (χ1n) is 5.54. The first-order valence-corrected chi connectivity index (χ1v) is 5.54. The molecular weight excluding hydrogens is 198 g/mol. The molecular formula is C13H15N3. The first kappa shape index (κ1) is 10.7. The van der Waals surface area contributed by atoms with Gasteiger partial charge in [-0.3, -0.25) is 0 Å². The Labute approximate surface area is 95.4 Å². The number of hydrogen-bond donors (Lipinski definition) is 0. The van der Waals surface area contributed by atoms with Gasteiger partial charge in [0.15, 0.2) is 0 Å². The monoisotopic (exact) mass is 213 g/mol. The Balaban J connectivity index is 2.54. The first-order chi connectivity index (χ1) is 7.72. The highest BCUT2D eigenvalue weighted by atomic mass is 15.0. The average molecular weight is 213 g/mol. The van der Waals surface area contributed by atoms with Crippen LogP contribution in [0.5, 0.6) is 0 Å². The van der Waals surface area contributed by atoms with E-state index in [0.29, 0.717) is 12.3 Å². The zero-order valence-corrected chi connectivity index (χ0v) is 9.64. The molecule has 0 atom stereocenters. The van der Waals surface area contributed by atoms with Crippen LogP contribution in [0.2, 0.25) is 0 Å². The molecule has 0 bridgehead atoms. The molecule has 0 spiro atoms. The molecule has 0 aliphatic heterocycles. The molecule has 0 saturated heterocycles. The van der Waals surface area contributed by atoms with Crippen molar-refractivity contribution in [3.05, 3.63) is 35.8 Å². The molecule has 2 aromatic heterocycles. The molecule has 82 valence electrons. The zero-order chi connectivity index (χ0) is 11.5. The third-order valence-electron chi connectivity index (χ3n) is 2.56. The van der Waals surface area contributed by atoms with Crippen molar-refractivity contribution in [2.75, 3.05) is 0 Å². The summed E-state index contributed by atoms with van der Waals surface area (Å²) < 4.78 is 2.01. The van der Waals surface area contributed by atoms with Crippen LogP contribution in [0.25, 0.3) is 5.65 Å². The van der Waals surface area contributed by atoms with Crippen LogP contribution >= 0.6 is 0 Å². The lowest BCUT2D eigenvalue weighted by Gasteiger charge is -2.03. The lowest BCUT2D eigenvalue weighted by atomic mass is 10.1. The Morgan fingerprint density at radius 2 is 2.25 bits per heavy atom. The number of hydrogen-bond acceptors (Lipinski definition) is 2. The van der Waals surface area contributed by atoms with Crippen molar-refractivity contribution in [2.24, 2.45) is 5.92 Å². The van der Waals surface area contributed by atoms with E-state index in [-0.39, 0.29) is 0 Å². The molecule has 2 rings (SSSR count). The molecule has 0 amide bonds. The molecule has 0 saturated carbocycles. The maximum atomic E-state index is 8.86. The number of pyridine rings is 1. The van der Waals surface area contributed by atoms with Gasteiger partial charge >= 0.3 is 0 Å². The van der Waals surface area contributed by atoms with Gasteiger partial charge in [-0.15, -0.1) is 0 Å². The Morgan fingerprint density at radius 1 is 1.44 bits per heavy atom. The van der Waals surface area contributed by atoms with Crippen LogP contribution in [-0.2, 0) is 12.8 Å². The standard InChI is InChI=1S/C13H15N3/c1-10(2)9-11-12(6-7-14)16-8-4-3-5-13(16)15-11/h3-5,8,10H,6,9H2,1-2H3. The molecule has 0 fully saturated rings. The third kappa shape index (κ3) is 1.92. The second-order valence-electron chi connectivity index (χ2n) is 4.37. The van der Waals surface area contributed by atoms with Gasteiger partial charge in [0.1, 0.15) is 5.65 Å². The van der Waals surface area contributed by atoms with Gasteiger partial charge < -0.3 is 4.40 Å². The topological polar surface area (TPSA) is 41.1 Å². The molecule has 3 nitrogen and oxygen atoms in total. The van der Waals surface area contributed by atoms with E-state index in [9.17, 15) is 0 Å². The van der Waals surface area contributed by atoms with Crippen LogP contribution in [0.4, 0.5) is 0 Å². The summed E-state index contributed by atoms with van der Waals surface area (Å²) in [5.74, 6) is 0.558. The van der Waals surface area contributed by atoms with E-state index in [1.54, 1.807) is 0 Å². The van der Waals surface area contributed by atoms with Crippen LogP contribution in [0, 0.1) is 17.2 Å². The van der Waals surface area contributed by atoms with Gasteiger partial charge in [-0.2, -0.15) is 5.26 Å². The van der Waals surface area contributed by atoms with Gasteiger partial charge in [0, 0.05) is 6.20 Å². The lowest BCUT2D eigenvalue weighted by Crippen LogP contribution is -2.00. The number of fused-ring (bicyclic) bond motifs is 1. The third-order valence-corrected chi connectivity index (χ3v) is 2.56. The van der Waals surface area contributed by atoms with E-state index < -0.39 is 0 Å². The van der Waals surface area contributed by atoms with E-state index in [0.717, 1.165) is 23.5 Å². The summed E-state index contributed by atoms with van der Waals surface area (Å²) in [4.78, 5) is 4.58. The van der Waals surface area contributed by atoms with Gasteiger partial charge in [0.05, 0.1) is 23.9 Å². The Hall–Kier alpha value is -1.82. The van der Waals surface area contributed by atoms with E-state index in [1.807, 2.05) is 28.8 Å². The fourth-order valence-electron chi connectivity index (χ4n) is 1.91. The van der Waals surface area contributed by atoms with E-state index in [4.69, 9.17) is 5.26 Å². The highest BCUT2D eigenvalue weighted by Crippen LogP contribution is 2.16. The summed E-state index contributed by atoms with van der Waals surface area (Å²) >= 11 is 0. The summed E-state index contributed by atoms with van der Waals surface area (Å²) in [6.07, 6.45) is 3.32. The highest BCUT2D eigenvalue weighted by Gasteiger charge is 2.12. The van der Waals surface area contributed by atoms with Crippen molar-refractivity contribution >= 4 is 5.65 Å². The molecule has 0 unspecified atom stereocenters. The minimum absolute atomic E-state index is 0.424. The van der Waals surface area contributed by atoms with E-state index in [1.165, 1.54) is 0 Å². The van der Waals surface area contributed by atoms with Crippen molar-refractivity contribution in [3.8, 4) is 6.07 Å². The predicted molar refractivity (Wildman–Crippen MR) is 63.1 cm³/mol. The largest absolute Gasteiger partial charge is 0.303 e. The van der Waals surface area contributed by atoms with Crippen molar-refractivity contribution in [1.82, 2.24) is 9.38 Å². The Morgan fingerprint density at radius 3 is 2.94 bits per heavy atom. The molecule has 3 heteroatoms. The van der Waals surface area contributed by atoms with Gasteiger partial charge in [-0.25, -0.2) is 4.98 Å². The smallest absolute Gasteiger partial charge is 0.137 e. The highest BCUT2D eigenvalue weighted by molar-refractivity contribution is 5.43. The number of nitriles is 1. The molecule has 0 aromatic carbocycles. The van der Waals surface area contributed by atoms with Crippen molar-refractivity contribution in [3.63, 3.8) is 0 Å². The van der Waals surface area contributed by atoms with Crippen LogP contribution in [0.15, 0.2) is 24.4 Å². The Kier molecular flexibility index (Phi) is 2.91. The molecule has 0 N–H and O–H groups in total. The van der Waals surface area contributed by atoms with E-state index in [2.05, 4.69) is 24.9 Å². The van der Waals surface area contributed by atoms with Crippen LogP contribution in [-0.4, -0.2) is 9.38 Å². The molecule has 0 aliphatic rings. The zero-order valence-electron chi connectivity index (χ0n) is 9.64. The summed E-state index contributed by atoms with van der Waals surface area (Å²) in [7, 11) is 0. The van der Waals surface area contributed by atoms with Crippen LogP contribution in [0.1, 0.15) is 25.2 Å². The molecule has 0 aliphatic carbocycles. The normalized spacial score (nSPS) is 10.9. The van der Waals surface area contributed by atoms with E-state index >= 15 is 0 Å². The summed E-state index contributed by atoms with van der Waals surface area (Å²) in [5.41, 5.74) is 3.03. The van der Waals surface area contributed by atoms with Gasteiger partial charge in [0.25, 0.3) is 0 Å². The fraction of sp³-hybridized carbons (Fsp3) is 0.385. The van der Waals surface area contributed by atoms with Crippen LogP contribution < -0.4 is 0 Å². The fourth-order valence-corrected chi connectivity index (χ4v) is 1.91. The van der Waals surface area contributed by atoms with Crippen LogP contribution in [0.3, 0.4) is 0 Å². The molecule has 0 radical (unpaired) electrons. The van der Waals surface area contributed by atoms with Crippen molar-refractivity contribution in [2.45, 2.75) is 26.7 Å². The number of rotatable bonds is 3. The van der Waals surface area contributed by atoms with Gasteiger partial charge in [0.2, 0.25) is 0 Å². The van der Waals surface area contributed by atoms with Crippen molar-refractivity contribution in [1.29, 1.82) is 5.26 Å². The lowest BCUT2D eigenvalue weighted by molar-refractivity contribution is 0.633. The summed E-state index contributed by atoms with van der Waals surface area (Å²) in [5, 5.41) is 8.86. The SMILES string of the molecule is CC(C)Cc1nc2ccccn2c1CC#N. The van der Waals surface area contributed by atoms with Gasteiger partial charge in [-0.05, 0) is 24.5 Å². The molecule has 2 aromatic rings. The minimum atomic E-state index is 0.424. The summed E-state index contributed by atoms with van der Waals surface area (Å²) in [6, 6.07) is 8.13. The quantitative estimate of drug-likeness (QED) is 0.786. The Bertz CT molecular complexity index is 532. The maximum absolute atomic E-state index is 8.86. The second-order valence-corrected chi connectivity index (χ2v) is 4.37. The molecule has 16 heavy (non-hydrogen) atoms.